The predicted octanol–water partition coefficient (Wildman–Crippen LogP) is 2.40. The summed E-state index contributed by atoms with van der Waals surface area (Å²) in [4.78, 5) is 18.5. The average Bonchev–Trinajstić information content (AvgIpc) is 3.06. The third kappa shape index (κ3) is 3.30. The fourth-order valence-corrected chi connectivity index (χ4v) is 3.00. The number of carbonyl (C=O) groups is 1. The summed E-state index contributed by atoms with van der Waals surface area (Å²) in [7, 11) is 1.70. The molecule has 4 rings (SSSR count). The molecule has 0 atom stereocenters. The van der Waals surface area contributed by atoms with E-state index in [4.69, 9.17) is 10.00 Å². The number of hydrogen-bond acceptors (Lipinski definition) is 5. The fraction of sp³-hybridized carbons (Fsp3) is 0.200. The van der Waals surface area contributed by atoms with E-state index in [2.05, 4.69) is 10.1 Å². The first-order chi connectivity index (χ1) is 13.5. The number of rotatable bonds is 4. The zero-order chi connectivity index (χ0) is 19.7. The Bertz CT molecular complexity index is 1060. The Hall–Kier alpha value is -3.73. The van der Waals surface area contributed by atoms with Gasteiger partial charge in [0, 0.05) is 18.8 Å². The highest BCUT2D eigenvalue weighted by molar-refractivity contribution is 5.94. The van der Waals surface area contributed by atoms with Gasteiger partial charge in [-0.1, -0.05) is 0 Å². The van der Waals surface area contributed by atoms with E-state index < -0.39 is 0 Å². The standard InChI is InChI=1S/C20H16FN5O2/c1-25-18(9-17(24-25)13-4-6-15(21)7-5-13)20(27)26-11-16(12-26)28-19-14(10-22)3-2-8-23-19/h2-9,16H,11-12H2,1H3. The third-order valence-corrected chi connectivity index (χ3v) is 4.54. The van der Waals surface area contributed by atoms with Gasteiger partial charge in [-0.25, -0.2) is 9.37 Å². The first-order valence-electron chi connectivity index (χ1n) is 8.66. The van der Waals surface area contributed by atoms with Gasteiger partial charge in [0.1, 0.15) is 29.2 Å². The molecule has 28 heavy (non-hydrogen) atoms. The van der Waals surface area contributed by atoms with Crippen molar-refractivity contribution >= 4 is 5.91 Å². The minimum atomic E-state index is -0.324. The summed E-state index contributed by atoms with van der Waals surface area (Å²) in [5.41, 5.74) is 2.14. The molecule has 2 aromatic heterocycles. The number of carbonyl (C=O) groups excluding carboxylic acids is 1. The maximum Gasteiger partial charge on any atom is 0.272 e. The van der Waals surface area contributed by atoms with Gasteiger partial charge < -0.3 is 9.64 Å². The Morgan fingerprint density at radius 1 is 1.29 bits per heavy atom. The number of likely N-dealkylation sites (tertiary alicyclic amines) is 1. The van der Waals surface area contributed by atoms with Crippen LogP contribution in [0.5, 0.6) is 5.88 Å². The van der Waals surface area contributed by atoms with Crippen molar-refractivity contribution < 1.29 is 13.9 Å². The van der Waals surface area contributed by atoms with E-state index in [-0.39, 0.29) is 23.7 Å². The lowest BCUT2D eigenvalue weighted by molar-refractivity contribution is 0.0151. The van der Waals surface area contributed by atoms with Crippen LogP contribution in [0.25, 0.3) is 11.3 Å². The van der Waals surface area contributed by atoms with Gasteiger partial charge in [-0.2, -0.15) is 10.4 Å². The summed E-state index contributed by atoms with van der Waals surface area (Å²) < 4.78 is 20.3. The second kappa shape index (κ2) is 7.12. The maximum atomic E-state index is 13.1. The summed E-state index contributed by atoms with van der Waals surface area (Å²) in [6.45, 7) is 0.800. The van der Waals surface area contributed by atoms with Crippen LogP contribution in [0, 0.1) is 17.1 Å². The Morgan fingerprint density at radius 3 is 2.75 bits per heavy atom. The topological polar surface area (TPSA) is 84.0 Å². The van der Waals surface area contributed by atoms with Crippen LogP contribution in [-0.4, -0.2) is 44.8 Å². The molecule has 1 aliphatic heterocycles. The van der Waals surface area contributed by atoms with Crippen LogP contribution in [0.15, 0.2) is 48.7 Å². The molecule has 1 amide bonds. The molecule has 0 N–H and O–H groups in total. The molecule has 7 nitrogen and oxygen atoms in total. The lowest BCUT2D eigenvalue weighted by atomic mass is 10.1. The van der Waals surface area contributed by atoms with Crippen molar-refractivity contribution in [2.24, 2.45) is 7.05 Å². The second-order valence-corrected chi connectivity index (χ2v) is 6.46. The molecule has 3 heterocycles. The van der Waals surface area contributed by atoms with Crippen molar-refractivity contribution in [2.45, 2.75) is 6.10 Å². The van der Waals surface area contributed by atoms with Gasteiger partial charge in [-0.05, 0) is 42.5 Å². The monoisotopic (exact) mass is 377 g/mol. The number of benzene rings is 1. The van der Waals surface area contributed by atoms with Crippen molar-refractivity contribution in [1.29, 1.82) is 5.26 Å². The number of aromatic nitrogens is 3. The molecule has 0 radical (unpaired) electrons. The van der Waals surface area contributed by atoms with Gasteiger partial charge >= 0.3 is 0 Å². The molecule has 140 valence electrons. The van der Waals surface area contributed by atoms with Crippen LogP contribution < -0.4 is 4.74 Å². The van der Waals surface area contributed by atoms with E-state index in [1.165, 1.54) is 16.8 Å². The number of nitriles is 1. The predicted molar refractivity (Wildman–Crippen MR) is 97.9 cm³/mol. The van der Waals surface area contributed by atoms with Crippen molar-refractivity contribution in [3.8, 4) is 23.2 Å². The molecule has 8 heteroatoms. The number of hydrogen-bond donors (Lipinski definition) is 0. The normalized spacial score (nSPS) is 13.7. The van der Waals surface area contributed by atoms with E-state index in [0.29, 0.717) is 30.0 Å². The number of nitrogens with zero attached hydrogens (tertiary/aromatic N) is 5. The summed E-state index contributed by atoms with van der Waals surface area (Å²) >= 11 is 0. The minimum absolute atomic E-state index is 0.162. The molecule has 0 saturated carbocycles. The molecular weight excluding hydrogens is 361 g/mol. The van der Waals surface area contributed by atoms with E-state index in [1.54, 1.807) is 48.5 Å². The summed E-state index contributed by atoms with van der Waals surface area (Å²) in [6.07, 6.45) is 1.35. The number of aryl methyl sites for hydroxylation is 1. The summed E-state index contributed by atoms with van der Waals surface area (Å²) in [5, 5.41) is 13.4. The van der Waals surface area contributed by atoms with E-state index >= 15 is 0 Å². The minimum Gasteiger partial charge on any atom is -0.470 e. The van der Waals surface area contributed by atoms with Gasteiger partial charge in [0.15, 0.2) is 0 Å². The van der Waals surface area contributed by atoms with Crippen molar-refractivity contribution in [2.75, 3.05) is 13.1 Å². The van der Waals surface area contributed by atoms with Gasteiger partial charge in [0.25, 0.3) is 5.91 Å². The maximum absolute atomic E-state index is 13.1. The molecule has 1 saturated heterocycles. The average molecular weight is 377 g/mol. The lowest BCUT2D eigenvalue weighted by Gasteiger charge is -2.38. The van der Waals surface area contributed by atoms with Crippen molar-refractivity contribution in [3.63, 3.8) is 0 Å². The van der Waals surface area contributed by atoms with Gasteiger partial charge in [-0.3, -0.25) is 9.48 Å². The Kier molecular flexibility index (Phi) is 4.49. The van der Waals surface area contributed by atoms with Gasteiger partial charge in [-0.15, -0.1) is 0 Å². The first-order valence-corrected chi connectivity index (χ1v) is 8.66. The van der Waals surface area contributed by atoms with Crippen LogP contribution >= 0.6 is 0 Å². The smallest absolute Gasteiger partial charge is 0.272 e. The van der Waals surface area contributed by atoms with Gasteiger partial charge in [0.05, 0.1) is 18.8 Å². The number of amides is 1. The summed E-state index contributed by atoms with van der Waals surface area (Å²) in [5.74, 6) is -0.207. The fourth-order valence-electron chi connectivity index (χ4n) is 3.00. The molecule has 0 spiro atoms. The first kappa shape index (κ1) is 17.7. The SMILES string of the molecule is Cn1nc(-c2ccc(F)cc2)cc1C(=O)N1CC(Oc2ncccc2C#N)C1. The highest BCUT2D eigenvalue weighted by atomic mass is 19.1. The number of halogens is 1. The largest absolute Gasteiger partial charge is 0.470 e. The highest BCUT2D eigenvalue weighted by Gasteiger charge is 2.35. The third-order valence-electron chi connectivity index (χ3n) is 4.54. The van der Waals surface area contributed by atoms with Crippen LogP contribution in [0.3, 0.4) is 0 Å². The highest BCUT2D eigenvalue weighted by Crippen LogP contribution is 2.23. The van der Waals surface area contributed by atoms with Crippen LogP contribution in [0.2, 0.25) is 0 Å². The number of pyridine rings is 1. The summed E-state index contributed by atoms with van der Waals surface area (Å²) in [6, 6.07) is 13.0. The van der Waals surface area contributed by atoms with Crippen LogP contribution in [-0.2, 0) is 7.05 Å². The van der Waals surface area contributed by atoms with Crippen LogP contribution in [0.1, 0.15) is 16.1 Å². The second-order valence-electron chi connectivity index (χ2n) is 6.46. The van der Waals surface area contributed by atoms with Crippen molar-refractivity contribution in [1.82, 2.24) is 19.7 Å². The van der Waals surface area contributed by atoms with Crippen LogP contribution in [0.4, 0.5) is 4.39 Å². The molecular formula is C20H16FN5O2. The molecule has 0 aliphatic carbocycles. The van der Waals surface area contributed by atoms with E-state index in [0.717, 1.165) is 5.56 Å². The Labute approximate surface area is 160 Å². The molecule has 1 aromatic carbocycles. The quantitative estimate of drug-likeness (QED) is 0.697. The molecule has 0 unspecified atom stereocenters. The molecule has 0 bridgehead atoms. The number of ether oxygens (including phenoxy) is 1. The Morgan fingerprint density at radius 2 is 2.04 bits per heavy atom. The zero-order valence-electron chi connectivity index (χ0n) is 15.0. The molecule has 1 fully saturated rings. The molecule has 3 aromatic rings. The van der Waals surface area contributed by atoms with E-state index in [1.807, 2.05) is 6.07 Å². The van der Waals surface area contributed by atoms with Crippen molar-refractivity contribution in [3.05, 3.63) is 65.7 Å². The lowest BCUT2D eigenvalue weighted by Crippen LogP contribution is -2.56. The van der Waals surface area contributed by atoms with E-state index in [9.17, 15) is 9.18 Å². The zero-order valence-corrected chi connectivity index (χ0v) is 15.0. The van der Waals surface area contributed by atoms with Gasteiger partial charge in [0.2, 0.25) is 5.88 Å². The molecule has 1 aliphatic rings. The Balaban J connectivity index is 1.42.